The van der Waals surface area contributed by atoms with Crippen molar-refractivity contribution in [3.05, 3.63) is 63.4 Å². The average Bonchev–Trinajstić information content (AvgIpc) is 2.51. The van der Waals surface area contributed by atoms with Crippen LogP contribution in [0.1, 0.15) is 5.69 Å². The Morgan fingerprint density at radius 2 is 2.10 bits per heavy atom. The third-order valence-electron chi connectivity index (χ3n) is 3.10. The van der Waals surface area contributed by atoms with E-state index < -0.39 is 0 Å². The molecule has 0 amide bonds. The maximum absolute atomic E-state index is 12.5. The summed E-state index contributed by atoms with van der Waals surface area (Å²) in [6, 6.07) is 8.98. The van der Waals surface area contributed by atoms with Gasteiger partial charge in [-0.1, -0.05) is 15.9 Å². The SMILES string of the molecule is NNc1ccnc(Cn2cnc3ccc(Br)cc3c2=O)c1. The van der Waals surface area contributed by atoms with E-state index in [1.165, 1.54) is 10.9 Å². The minimum atomic E-state index is -0.103. The highest BCUT2D eigenvalue weighted by Crippen LogP contribution is 2.15. The quantitative estimate of drug-likeness (QED) is 0.559. The Balaban J connectivity index is 2.04. The Morgan fingerprint density at radius 3 is 2.90 bits per heavy atom. The number of hydrogen-bond donors (Lipinski definition) is 2. The first-order valence-electron chi connectivity index (χ1n) is 6.23. The molecule has 3 N–H and O–H groups in total. The predicted molar refractivity (Wildman–Crippen MR) is 84.9 cm³/mol. The molecule has 0 saturated carbocycles. The highest BCUT2D eigenvalue weighted by atomic mass is 79.9. The van der Waals surface area contributed by atoms with Crippen LogP contribution < -0.4 is 16.8 Å². The lowest BCUT2D eigenvalue weighted by molar-refractivity contribution is 0.730. The molecule has 0 radical (unpaired) electrons. The van der Waals surface area contributed by atoms with Crippen LogP contribution in [-0.2, 0) is 6.54 Å². The van der Waals surface area contributed by atoms with Gasteiger partial charge in [0.15, 0.2) is 0 Å². The van der Waals surface area contributed by atoms with Crippen molar-refractivity contribution in [1.82, 2.24) is 14.5 Å². The molecule has 0 fully saturated rings. The molecule has 6 nitrogen and oxygen atoms in total. The van der Waals surface area contributed by atoms with Crippen LogP contribution in [0.5, 0.6) is 0 Å². The van der Waals surface area contributed by atoms with Gasteiger partial charge in [-0.2, -0.15) is 0 Å². The van der Waals surface area contributed by atoms with Gasteiger partial charge in [0, 0.05) is 10.7 Å². The molecule has 0 saturated heterocycles. The topological polar surface area (TPSA) is 85.8 Å². The standard InChI is InChI=1S/C14H12BrN5O/c15-9-1-2-13-12(5-9)14(21)20(8-18-13)7-11-6-10(19-16)3-4-17-11/h1-6,8H,7,16H2,(H,17,19). The van der Waals surface area contributed by atoms with Crippen LogP contribution in [0.2, 0.25) is 0 Å². The number of hydrogen-bond acceptors (Lipinski definition) is 5. The van der Waals surface area contributed by atoms with E-state index in [-0.39, 0.29) is 5.56 Å². The highest BCUT2D eigenvalue weighted by Gasteiger charge is 2.06. The minimum Gasteiger partial charge on any atom is -0.324 e. The zero-order valence-corrected chi connectivity index (χ0v) is 12.5. The number of rotatable bonds is 3. The molecule has 2 heterocycles. The number of halogens is 1. The fraction of sp³-hybridized carbons (Fsp3) is 0.0714. The molecule has 0 aliphatic carbocycles. The second-order valence-electron chi connectivity index (χ2n) is 4.52. The fourth-order valence-corrected chi connectivity index (χ4v) is 2.43. The van der Waals surface area contributed by atoms with E-state index in [9.17, 15) is 4.79 Å². The van der Waals surface area contributed by atoms with Gasteiger partial charge in [-0.05, 0) is 30.3 Å². The van der Waals surface area contributed by atoms with Crippen LogP contribution >= 0.6 is 15.9 Å². The van der Waals surface area contributed by atoms with E-state index in [4.69, 9.17) is 5.84 Å². The van der Waals surface area contributed by atoms with E-state index >= 15 is 0 Å². The van der Waals surface area contributed by atoms with Crippen molar-refractivity contribution in [3.63, 3.8) is 0 Å². The van der Waals surface area contributed by atoms with Crippen molar-refractivity contribution in [3.8, 4) is 0 Å². The summed E-state index contributed by atoms with van der Waals surface area (Å²) in [5, 5.41) is 0.569. The molecule has 0 spiro atoms. The third kappa shape index (κ3) is 2.79. The van der Waals surface area contributed by atoms with Gasteiger partial charge in [0.2, 0.25) is 0 Å². The van der Waals surface area contributed by atoms with Crippen LogP contribution in [0.4, 0.5) is 5.69 Å². The predicted octanol–water partition coefficient (Wildman–Crippen LogP) is 1.89. The van der Waals surface area contributed by atoms with Gasteiger partial charge in [-0.3, -0.25) is 20.2 Å². The lowest BCUT2D eigenvalue weighted by atomic mass is 10.2. The summed E-state index contributed by atoms with van der Waals surface area (Å²) in [4.78, 5) is 21.0. The Hall–Kier alpha value is -2.25. The lowest BCUT2D eigenvalue weighted by Crippen LogP contribution is -2.21. The van der Waals surface area contributed by atoms with Gasteiger partial charge < -0.3 is 5.43 Å². The van der Waals surface area contributed by atoms with Crippen molar-refractivity contribution >= 4 is 32.5 Å². The number of pyridine rings is 1. The summed E-state index contributed by atoms with van der Waals surface area (Å²) in [5.74, 6) is 5.37. The van der Waals surface area contributed by atoms with Crippen molar-refractivity contribution < 1.29 is 0 Å². The van der Waals surface area contributed by atoms with E-state index in [0.717, 1.165) is 15.9 Å². The Bertz CT molecular complexity index is 861. The summed E-state index contributed by atoms with van der Waals surface area (Å²) < 4.78 is 2.37. The van der Waals surface area contributed by atoms with Gasteiger partial charge in [-0.25, -0.2) is 4.98 Å². The first kappa shape index (κ1) is 13.7. The molecule has 0 atom stereocenters. The van der Waals surface area contributed by atoms with E-state index in [1.54, 1.807) is 24.4 Å². The summed E-state index contributed by atoms with van der Waals surface area (Å²) >= 11 is 3.37. The molecule has 106 valence electrons. The average molecular weight is 346 g/mol. The van der Waals surface area contributed by atoms with Crippen LogP contribution in [-0.4, -0.2) is 14.5 Å². The molecule has 2 aromatic heterocycles. The van der Waals surface area contributed by atoms with E-state index in [2.05, 4.69) is 31.3 Å². The molecule has 0 aliphatic heterocycles. The number of anilines is 1. The number of nitrogen functional groups attached to an aromatic ring is 1. The van der Waals surface area contributed by atoms with Crippen LogP contribution in [0.25, 0.3) is 10.9 Å². The third-order valence-corrected chi connectivity index (χ3v) is 3.59. The number of hydrazine groups is 1. The molecule has 7 heteroatoms. The molecule has 0 aliphatic rings. The van der Waals surface area contributed by atoms with Crippen LogP contribution in [0.3, 0.4) is 0 Å². The van der Waals surface area contributed by atoms with Gasteiger partial charge in [-0.15, -0.1) is 0 Å². The summed E-state index contributed by atoms with van der Waals surface area (Å²) in [6.45, 7) is 0.337. The molecule has 3 rings (SSSR count). The summed E-state index contributed by atoms with van der Waals surface area (Å²) in [5.41, 5.74) is 4.59. The number of nitrogens with zero attached hydrogens (tertiary/aromatic N) is 3. The van der Waals surface area contributed by atoms with Crippen molar-refractivity contribution in [2.45, 2.75) is 6.54 Å². The van der Waals surface area contributed by atoms with Gasteiger partial charge >= 0.3 is 0 Å². The van der Waals surface area contributed by atoms with Crippen molar-refractivity contribution in [1.29, 1.82) is 0 Å². The second-order valence-corrected chi connectivity index (χ2v) is 5.43. The first-order chi connectivity index (χ1) is 10.2. The number of nitrogens with two attached hydrogens (primary N) is 1. The Labute approximate surface area is 128 Å². The minimum absolute atomic E-state index is 0.103. The lowest BCUT2D eigenvalue weighted by Gasteiger charge is -2.07. The largest absolute Gasteiger partial charge is 0.324 e. The maximum Gasteiger partial charge on any atom is 0.261 e. The zero-order chi connectivity index (χ0) is 14.8. The van der Waals surface area contributed by atoms with E-state index in [1.807, 2.05) is 12.1 Å². The Morgan fingerprint density at radius 1 is 1.24 bits per heavy atom. The number of nitrogens with one attached hydrogen (secondary N) is 1. The van der Waals surface area contributed by atoms with E-state index in [0.29, 0.717) is 17.4 Å². The van der Waals surface area contributed by atoms with Gasteiger partial charge in [0.25, 0.3) is 5.56 Å². The molecule has 3 aromatic rings. The molecule has 0 unspecified atom stereocenters. The zero-order valence-electron chi connectivity index (χ0n) is 11.0. The second kappa shape index (κ2) is 5.63. The van der Waals surface area contributed by atoms with Gasteiger partial charge in [0.05, 0.1) is 35.2 Å². The monoisotopic (exact) mass is 345 g/mol. The fourth-order valence-electron chi connectivity index (χ4n) is 2.07. The number of fused-ring (bicyclic) bond motifs is 1. The van der Waals surface area contributed by atoms with Crippen molar-refractivity contribution in [2.24, 2.45) is 5.84 Å². The Kier molecular flexibility index (Phi) is 3.68. The summed E-state index contributed by atoms with van der Waals surface area (Å²) in [7, 11) is 0. The number of aromatic nitrogens is 3. The smallest absolute Gasteiger partial charge is 0.261 e. The molecule has 21 heavy (non-hydrogen) atoms. The maximum atomic E-state index is 12.5. The molecule has 1 aromatic carbocycles. The molecule has 0 bridgehead atoms. The molecular formula is C14H12BrN5O. The summed E-state index contributed by atoms with van der Waals surface area (Å²) in [6.07, 6.45) is 3.17. The normalized spacial score (nSPS) is 10.8. The first-order valence-corrected chi connectivity index (χ1v) is 7.03. The highest BCUT2D eigenvalue weighted by molar-refractivity contribution is 9.10. The van der Waals surface area contributed by atoms with Crippen LogP contribution in [0, 0.1) is 0 Å². The number of benzene rings is 1. The van der Waals surface area contributed by atoms with Crippen molar-refractivity contribution in [2.75, 3.05) is 5.43 Å². The van der Waals surface area contributed by atoms with Crippen LogP contribution in [0.15, 0.2) is 52.1 Å². The van der Waals surface area contributed by atoms with Gasteiger partial charge in [0.1, 0.15) is 0 Å². The molecular weight excluding hydrogens is 334 g/mol.